The summed E-state index contributed by atoms with van der Waals surface area (Å²) < 4.78 is 5.69. The molecular weight excluding hydrogens is 238 g/mol. The molecule has 3 heteroatoms. The third kappa shape index (κ3) is 2.81. The molecule has 0 aliphatic heterocycles. The van der Waals surface area contributed by atoms with Gasteiger partial charge < -0.3 is 10.5 Å². The van der Waals surface area contributed by atoms with Gasteiger partial charge in [-0.3, -0.25) is 4.79 Å². The molecule has 0 radical (unpaired) electrons. The van der Waals surface area contributed by atoms with Crippen molar-refractivity contribution in [3.05, 3.63) is 29.8 Å². The lowest BCUT2D eigenvalue weighted by Gasteiger charge is -2.31. The maximum Gasteiger partial charge on any atom is 0.182 e. The molecule has 0 atom stereocenters. The van der Waals surface area contributed by atoms with Gasteiger partial charge in [-0.05, 0) is 49.9 Å². The number of hydrogen-bond acceptors (Lipinski definition) is 3. The van der Waals surface area contributed by atoms with Gasteiger partial charge in [0.05, 0.1) is 11.6 Å². The predicted octanol–water partition coefficient (Wildman–Crippen LogP) is 3.07. The van der Waals surface area contributed by atoms with Crippen molar-refractivity contribution in [3.63, 3.8) is 0 Å². The fraction of sp³-hybridized carbons (Fsp3) is 0.562. The molecule has 0 amide bonds. The lowest BCUT2D eigenvalue weighted by atomic mass is 9.77. The molecule has 0 saturated heterocycles. The van der Waals surface area contributed by atoms with Gasteiger partial charge in [0.25, 0.3) is 0 Å². The average Bonchev–Trinajstić information content (AvgIpc) is 3.24. The third-order valence-electron chi connectivity index (χ3n) is 4.14. The van der Waals surface area contributed by atoms with Crippen molar-refractivity contribution in [2.45, 2.75) is 56.6 Å². The summed E-state index contributed by atoms with van der Waals surface area (Å²) >= 11 is 0. The highest BCUT2D eigenvalue weighted by Crippen LogP contribution is 2.30. The molecule has 1 aromatic carbocycles. The predicted molar refractivity (Wildman–Crippen MR) is 74.4 cm³/mol. The van der Waals surface area contributed by atoms with Crippen molar-refractivity contribution < 1.29 is 9.53 Å². The first-order valence-corrected chi connectivity index (χ1v) is 7.28. The van der Waals surface area contributed by atoms with Crippen LogP contribution in [0.25, 0.3) is 0 Å². The Morgan fingerprint density at radius 1 is 1.11 bits per heavy atom. The van der Waals surface area contributed by atoms with Gasteiger partial charge in [-0.15, -0.1) is 0 Å². The minimum Gasteiger partial charge on any atom is -0.490 e. The second-order valence-electron chi connectivity index (χ2n) is 5.89. The first kappa shape index (κ1) is 12.7. The molecule has 2 aliphatic rings. The van der Waals surface area contributed by atoms with Gasteiger partial charge in [0, 0.05) is 5.56 Å². The lowest BCUT2D eigenvalue weighted by molar-refractivity contribution is 0.0848. The molecule has 3 rings (SSSR count). The largest absolute Gasteiger partial charge is 0.490 e. The normalized spacial score (nSPS) is 21.9. The van der Waals surface area contributed by atoms with Crippen LogP contribution in [0.5, 0.6) is 5.75 Å². The van der Waals surface area contributed by atoms with Crippen molar-refractivity contribution >= 4 is 5.78 Å². The van der Waals surface area contributed by atoms with Crippen LogP contribution in [0.2, 0.25) is 0 Å². The van der Waals surface area contributed by atoms with E-state index in [0.29, 0.717) is 11.7 Å². The van der Waals surface area contributed by atoms with E-state index in [0.717, 1.165) is 44.3 Å². The van der Waals surface area contributed by atoms with Crippen molar-refractivity contribution in [2.24, 2.45) is 5.73 Å². The maximum absolute atomic E-state index is 12.5. The van der Waals surface area contributed by atoms with Gasteiger partial charge in [0.2, 0.25) is 0 Å². The second-order valence-corrected chi connectivity index (χ2v) is 5.89. The Hall–Kier alpha value is -1.35. The molecule has 2 N–H and O–H groups in total. The molecule has 0 heterocycles. The van der Waals surface area contributed by atoms with E-state index < -0.39 is 5.54 Å². The molecule has 0 aromatic heterocycles. The SMILES string of the molecule is NC1(C(=O)c2ccc(OC3CC3)cc2)CCCCC1. The zero-order valence-corrected chi connectivity index (χ0v) is 11.2. The number of benzene rings is 1. The molecule has 1 aromatic rings. The van der Waals surface area contributed by atoms with Crippen LogP contribution in [0.3, 0.4) is 0 Å². The monoisotopic (exact) mass is 259 g/mol. The summed E-state index contributed by atoms with van der Waals surface area (Å²) in [5.41, 5.74) is 6.36. The smallest absolute Gasteiger partial charge is 0.182 e. The highest BCUT2D eigenvalue weighted by Gasteiger charge is 2.35. The maximum atomic E-state index is 12.5. The minimum atomic E-state index is -0.642. The van der Waals surface area contributed by atoms with E-state index in [1.54, 1.807) is 0 Å². The fourth-order valence-electron chi connectivity index (χ4n) is 2.76. The molecule has 19 heavy (non-hydrogen) atoms. The molecule has 0 unspecified atom stereocenters. The third-order valence-corrected chi connectivity index (χ3v) is 4.14. The highest BCUT2D eigenvalue weighted by atomic mass is 16.5. The summed E-state index contributed by atoms with van der Waals surface area (Å²) in [6, 6.07) is 7.47. The Balaban J connectivity index is 1.71. The van der Waals surface area contributed by atoms with E-state index in [1.165, 1.54) is 6.42 Å². The molecule has 102 valence electrons. The Labute approximate surface area is 114 Å². The van der Waals surface area contributed by atoms with E-state index in [4.69, 9.17) is 10.5 Å². The van der Waals surface area contributed by atoms with Crippen LogP contribution < -0.4 is 10.5 Å². The molecule has 2 fully saturated rings. The van der Waals surface area contributed by atoms with Crippen LogP contribution >= 0.6 is 0 Å². The fourth-order valence-corrected chi connectivity index (χ4v) is 2.76. The number of carbonyl (C=O) groups excluding carboxylic acids is 1. The number of carbonyl (C=O) groups is 1. The number of ether oxygens (including phenoxy) is 1. The van der Waals surface area contributed by atoms with Gasteiger partial charge >= 0.3 is 0 Å². The summed E-state index contributed by atoms with van der Waals surface area (Å²) in [5, 5.41) is 0. The van der Waals surface area contributed by atoms with Crippen LogP contribution in [-0.4, -0.2) is 17.4 Å². The molecular formula is C16H21NO2. The number of Topliss-reactive ketones (excluding diaryl/α,β-unsaturated/α-hetero) is 1. The number of rotatable bonds is 4. The highest BCUT2D eigenvalue weighted by molar-refractivity contribution is 6.03. The van der Waals surface area contributed by atoms with Crippen molar-refractivity contribution in [1.82, 2.24) is 0 Å². The van der Waals surface area contributed by atoms with Crippen molar-refractivity contribution in [3.8, 4) is 5.75 Å². The van der Waals surface area contributed by atoms with Gasteiger partial charge in [-0.2, -0.15) is 0 Å². The number of nitrogens with two attached hydrogens (primary N) is 1. The summed E-state index contributed by atoms with van der Waals surface area (Å²) in [4.78, 5) is 12.5. The van der Waals surface area contributed by atoms with Crippen molar-refractivity contribution in [1.29, 1.82) is 0 Å². The van der Waals surface area contributed by atoms with E-state index in [1.807, 2.05) is 24.3 Å². The van der Waals surface area contributed by atoms with Gasteiger partial charge in [0.15, 0.2) is 5.78 Å². The molecule has 2 saturated carbocycles. The van der Waals surface area contributed by atoms with Gasteiger partial charge in [-0.1, -0.05) is 19.3 Å². The Kier molecular flexibility index (Phi) is 3.31. The average molecular weight is 259 g/mol. The quantitative estimate of drug-likeness (QED) is 0.845. The van der Waals surface area contributed by atoms with Gasteiger partial charge in [-0.25, -0.2) is 0 Å². The van der Waals surface area contributed by atoms with E-state index >= 15 is 0 Å². The Bertz CT molecular complexity index is 456. The standard InChI is InChI=1S/C16H21NO2/c17-16(10-2-1-3-11-16)15(18)12-4-6-13(7-5-12)19-14-8-9-14/h4-7,14H,1-3,8-11,17H2. The van der Waals surface area contributed by atoms with Crippen LogP contribution in [0.1, 0.15) is 55.3 Å². The first-order valence-electron chi connectivity index (χ1n) is 7.28. The lowest BCUT2D eigenvalue weighted by Crippen LogP contribution is -2.49. The number of ketones is 1. The zero-order valence-electron chi connectivity index (χ0n) is 11.2. The van der Waals surface area contributed by atoms with E-state index in [9.17, 15) is 4.79 Å². The van der Waals surface area contributed by atoms with E-state index in [2.05, 4.69) is 0 Å². The summed E-state index contributed by atoms with van der Waals surface area (Å²) in [7, 11) is 0. The second kappa shape index (κ2) is 4.97. The van der Waals surface area contributed by atoms with Crippen molar-refractivity contribution in [2.75, 3.05) is 0 Å². The molecule has 0 bridgehead atoms. The zero-order chi connectivity index (χ0) is 13.3. The van der Waals surface area contributed by atoms with E-state index in [-0.39, 0.29) is 5.78 Å². The molecule has 0 spiro atoms. The molecule has 3 nitrogen and oxygen atoms in total. The van der Waals surface area contributed by atoms with Gasteiger partial charge in [0.1, 0.15) is 5.75 Å². The minimum absolute atomic E-state index is 0.0881. The Morgan fingerprint density at radius 2 is 1.74 bits per heavy atom. The van der Waals surface area contributed by atoms with Crippen LogP contribution in [-0.2, 0) is 0 Å². The summed E-state index contributed by atoms with van der Waals surface area (Å²) in [5.74, 6) is 0.943. The summed E-state index contributed by atoms with van der Waals surface area (Å²) in [6.07, 6.45) is 7.62. The Morgan fingerprint density at radius 3 is 2.32 bits per heavy atom. The molecule has 2 aliphatic carbocycles. The topological polar surface area (TPSA) is 52.3 Å². The van der Waals surface area contributed by atoms with Crippen LogP contribution in [0.15, 0.2) is 24.3 Å². The number of hydrogen-bond donors (Lipinski definition) is 1. The van der Waals surface area contributed by atoms with Crippen LogP contribution in [0, 0.1) is 0 Å². The summed E-state index contributed by atoms with van der Waals surface area (Å²) in [6.45, 7) is 0. The first-order chi connectivity index (χ1) is 9.17. The van der Waals surface area contributed by atoms with Crippen LogP contribution in [0.4, 0.5) is 0 Å².